The third-order valence-corrected chi connectivity index (χ3v) is 3.66. The Hall–Kier alpha value is -1.06. The maximum absolute atomic E-state index is 5.14. The number of nitrogens with zero attached hydrogens (tertiary/aromatic N) is 1. The van der Waals surface area contributed by atoms with E-state index in [-0.39, 0.29) is 0 Å². The molecule has 2 rings (SSSR count). The number of piperidine rings is 1. The van der Waals surface area contributed by atoms with Crippen LogP contribution in [-0.4, -0.2) is 19.7 Å². The number of benzene rings is 1. The van der Waals surface area contributed by atoms with Crippen molar-refractivity contribution in [3.63, 3.8) is 0 Å². The Morgan fingerprint density at radius 1 is 1.29 bits per heavy atom. The molecule has 1 saturated heterocycles. The topological polar surface area (TPSA) is 38.5 Å². The van der Waals surface area contributed by atoms with Gasteiger partial charge in [-0.25, -0.2) is 5.90 Å². The van der Waals surface area contributed by atoms with Gasteiger partial charge in [0.1, 0.15) is 0 Å². The Kier molecular flexibility index (Phi) is 4.40. The van der Waals surface area contributed by atoms with Crippen molar-refractivity contribution in [2.24, 2.45) is 11.8 Å². The Bertz CT molecular complexity index is 346. The lowest BCUT2D eigenvalue weighted by Gasteiger charge is -2.34. The van der Waals surface area contributed by atoms with Crippen molar-refractivity contribution >= 4 is 5.69 Å². The Labute approximate surface area is 104 Å². The first-order chi connectivity index (χ1) is 8.35. The number of anilines is 1. The van der Waals surface area contributed by atoms with Gasteiger partial charge in [0.15, 0.2) is 0 Å². The van der Waals surface area contributed by atoms with E-state index in [1.54, 1.807) is 0 Å². The summed E-state index contributed by atoms with van der Waals surface area (Å²) in [6.07, 6.45) is 3.45. The Morgan fingerprint density at radius 2 is 2.00 bits per heavy atom. The molecule has 0 unspecified atom stereocenters. The standard InChI is InChI=1S/C14H22N2O/c1-2-13-5-3-4-6-14(13)16-9-7-12(8-10-16)11-17-15/h3-6,12H,2,7-11,15H2,1H3. The van der Waals surface area contributed by atoms with Crippen LogP contribution in [0.3, 0.4) is 0 Å². The molecule has 0 spiro atoms. The van der Waals surface area contributed by atoms with Crippen LogP contribution in [-0.2, 0) is 11.3 Å². The van der Waals surface area contributed by atoms with Crippen molar-refractivity contribution in [2.75, 3.05) is 24.6 Å². The van der Waals surface area contributed by atoms with Crippen LogP contribution in [0.25, 0.3) is 0 Å². The van der Waals surface area contributed by atoms with Gasteiger partial charge in [-0.2, -0.15) is 0 Å². The molecule has 1 heterocycles. The molecule has 0 radical (unpaired) electrons. The van der Waals surface area contributed by atoms with E-state index in [0.29, 0.717) is 12.5 Å². The summed E-state index contributed by atoms with van der Waals surface area (Å²) in [4.78, 5) is 7.24. The van der Waals surface area contributed by atoms with E-state index in [0.717, 1.165) is 19.5 Å². The van der Waals surface area contributed by atoms with E-state index in [2.05, 4.69) is 36.1 Å². The van der Waals surface area contributed by atoms with Gasteiger partial charge in [0.25, 0.3) is 0 Å². The van der Waals surface area contributed by atoms with Crippen LogP contribution < -0.4 is 10.8 Å². The first-order valence-electron chi connectivity index (χ1n) is 6.49. The molecular weight excluding hydrogens is 212 g/mol. The van der Waals surface area contributed by atoms with Crippen LogP contribution in [0.2, 0.25) is 0 Å². The highest BCUT2D eigenvalue weighted by Gasteiger charge is 2.20. The van der Waals surface area contributed by atoms with E-state index in [1.165, 1.54) is 24.1 Å². The summed E-state index contributed by atoms with van der Waals surface area (Å²) in [5, 5.41) is 0. The number of nitrogens with two attached hydrogens (primary N) is 1. The molecular formula is C14H22N2O. The van der Waals surface area contributed by atoms with Crippen LogP contribution in [0.5, 0.6) is 0 Å². The molecule has 2 N–H and O–H groups in total. The number of hydrogen-bond acceptors (Lipinski definition) is 3. The number of rotatable bonds is 4. The minimum absolute atomic E-state index is 0.630. The molecule has 94 valence electrons. The fraction of sp³-hybridized carbons (Fsp3) is 0.571. The van der Waals surface area contributed by atoms with Gasteiger partial charge in [-0.15, -0.1) is 0 Å². The van der Waals surface area contributed by atoms with Crippen molar-refractivity contribution in [2.45, 2.75) is 26.2 Å². The molecule has 1 aromatic rings. The van der Waals surface area contributed by atoms with Crippen LogP contribution >= 0.6 is 0 Å². The molecule has 0 atom stereocenters. The highest BCUT2D eigenvalue weighted by molar-refractivity contribution is 5.53. The molecule has 0 amide bonds. The van der Waals surface area contributed by atoms with Gasteiger partial charge < -0.3 is 9.74 Å². The molecule has 1 fully saturated rings. The smallest absolute Gasteiger partial charge is 0.0708 e. The predicted molar refractivity (Wildman–Crippen MR) is 70.9 cm³/mol. The second-order valence-electron chi connectivity index (χ2n) is 4.75. The lowest BCUT2D eigenvalue weighted by Crippen LogP contribution is -2.35. The first-order valence-corrected chi connectivity index (χ1v) is 6.49. The normalized spacial score (nSPS) is 17.4. The summed E-state index contributed by atoms with van der Waals surface area (Å²) in [6.45, 7) is 5.15. The first kappa shape index (κ1) is 12.4. The molecule has 0 bridgehead atoms. The summed E-state index contributed by atoms with van der Waals surface area (Å²) < 4.78 is 0. The molecule has 0 aliphatic carbocycles. The molecule has 3 heteroatoms. The van der Waals surface area contributed by atoms with Gasteiger partial charge in [-0.3, -0.25) is 0 Å². The van der Waals surface area contributed by atoms with Crippen LogP contribution in [0.1, 0.15) is 25.3 Å². The van der Waals surface area contributed by atoms with Gasteiger partial charge >= 0.3 is 0 Å². The van der Waals surface area contributed by atoms with Crippen LogP contribution in [0.4, 0.5) is 5.69 Å². The number of hydrogen-bond donors (Lipinski definition) is 1. The SMILES string of the molecule is CCc1ccccc1N1CCC(CON)CC1. The molecule has 1 aliphatic rings. The van der Waals surface area contributed by atoms with Crippen molar-refractivity contribution in [3.05, 3.63) is 29.8 Å². The average molecular weight is 234 g/mol. The van der Waals surface area contributed by atoms with Crippen molar-refractivity contribution < 1.29 is 4.84 Å². The minimum atomic E-state index is 0.630. The van der Waals surface area contributed by atoms with Gasteiger partial charge in [0.2, 0.25) is 0 Å². The predicted octanol–water partition coefficient (Wildman–Crippen LogP) is 2.36. The largest absolute Gasteiger partial charge is 0.371 e. The highest BCUT2D eigenvalue weighted by atomic mass is 16.6. The quantitative estimate of drug-likeness (QED) is 0.813. The van der Waals surface area contributed by atoms with E-state index < -0.39 is 0 Å². The van der Waals surface area contributed by atoms with Crippen molar-refractivity contribution in [1.82, 2.24) is 0 Å². The third-order valence-electron chi connectivity index (χ3n) is 3.66. The third kappa shape index (κ3) is 2.99. The van der Waals surface area contributed by atoms with Crippen LogP contribution in [0, 0.1) is 5.92 Å². The summed E-state index contributed by atoms with van der Waals surface area (Å²) in [5.74, 6) is 5.77. The van der Waals surface area contributed by atoms with Gasteiger partial charge in [0.05, 0.1) is 6.61 Å². The maximum atomic E-state index is 5.14. The molecule has 1 aromatic carbocycles. The van der Waals surface area contributed by atoms with Gasteiger partial charge in [-0.05, 0) is 36.8 Å². The van der Waals surface area contributed by atoms with Gasteiger partial charge in [0, 0.05) is 18.8 Å². The lowest BCUT2D eigenvalue weighted by molar-refractivity contribution is 0.0918. The Morgan fingerprint density at radius 3 is 2.65 bits per heavy atom. The molecule has 1 aliphatic heterocycles. The van der Waals surface area contributed by atoms with E-state index in [9.17, 15) is 0 Å². The molecule has 0 aromatic heterocycles. The van der Waals surface area contributed by atoms with E-state index in [4.69, 9.17) is 10.7 Å². The molecule has 0 saturated carbocycles. The number of aryl methyl sites for hydroxylation is 1. The molecule has 17 heavy (non-hydrogen) atoms. The molecule has 3 nitrogen and oxygen atoms in total. The fourth-order valence-corrected chi connectivity index (χ4v) is 2.59. The maximum Gasteiger partial charge on any atom is 0.0708 e. The zero-order valence-electron chi connectivity index (χ0n) is 10.6. The highest BCUT2D eigenvalue weighted by Crippen LogP contribution is 2.26. The van der Waals surface area contributed by atoms with Crippen LogP contribution in [0.15, 0.2) is 24.3 Å². The van der Waals surface area contributed by atoms with E-state index >= 15 is 0 Å². The fourth-order valence-electron chi connectivity index (χ4n) is 2.59. The van der Waals surface area contributed by atoms with Crippen molar-refractivity contribution in [3.8, 4) is 0 Å². The zero-order chi connectivity index (χ0) is 12.1. The second kappa shape index (κ2) is 6.03. The van der Waals surface area contributed by atoms with Gasteiger partial charge in [-0.1, -0.05) is 25.1 Å². The average Bonchev–Trinajstić information content (AvgIpc) is 2.40. The monoisotopic (exact) mass is 234 g/mol. The summed E-state index contributed by atoms with van der Waals surface area (Å²) >= 11 is 0. The number of para-hydroxylation sites is 1. The summed E-state index contributed by atoms with van der Waals surface area (Å²) in [7, 11) is 0. The van der Waals surface area contributed by atoms with E-state index in [1.807, 2.05) is 0 Å². The minimum Gasteiger partial charge on any atom is -0.371 e. The summed E-state index contributed by atoms with van der Waals surface area (Å²) in [6, 6.07) is 8.71. The summed E-state index contributed by atoms with van der Waals surface area (Å²) in [5.41, 5.74) is 2.85. The zero-order valence-corrected chi connectivity index (χ0v) is 10.6. The second-order valence-corrected chi connectivity index (χ2v) is 4.75. The van der Waals surface area contributed by atoms with Crippen molar-refractivity contribution in [1.29, 1.82) is 0 Å². The Balaban J connectivity index is 2.00. The lowest BCUT2D eigenvalue weighted by atomic mass is 9.96.